The molecule has 1 aromatic rings. The maximum Gasteiger partial charge on any atom is 0.329 e. The van der Waals surface area contributed by atoms with Crippen molar-refractivity contribution in [1.29, 1.82) is 0 Å². The van der Waals surface area contributed by atoms with E-state index in [0.717, 1.165) is 38.2 Å². The molecule has 43 nitrogen and oxygen atoms in total. The molecule has 19 amide bonds. The van der Waals surface area contributed by atoms with Crippen LogP contribution >= 0.6 is 0 Å². The normalized spacial score (nSPS) is 20.7. The number of aliphatic hydroxyl groups excluding tert-OH is 1. The average Bonchev–Trinajstić information content (AvgIpc) is 1.77. The van der Waals surface area contributed by atoms with Gasteiger partial charge in [-0.2, -0.15) is 0 Å². The highest BCUT2D eigenvalue weighted by atomic mass is 16.5. The molecule has 3 rings (SSSR count). The molecule has 2 aliphatic heterocycles. The summed E-state index contributed by atoms with van der Waals surface area (Å²) in [6.07, 6.45) is 5.82. The summed E-state index contributed by atoms with van der Waals surface area (Å²) in [5.41, 5.74) is 12.3. The van der Waals surface area contributed by atoms with Crippen molar-refractivity contribution >= 4 is 118 Å². The minimum Gasteiger partial charge on any atom is -0.458 e. The topological polar surface area (TPSA) is 643 Å². The molecule has 2 heterocycles. The first kappa shape index (κ1) is 113. The number of unbranched alkanes of at least 4 members (excludes halogenated alkanes) is 4. The number of nitrogens with zero attached hydrogens (tertiary/aromatic N) is 1. The number of hydrogen-bond acceptors (Lipinski definition) is 24. The van der Waals surface area contributed by atoms with E-state index in [4.69, 9.17) is 16.2 Å². The summed E-state index contributed by atoms with van der Waals surface area (Å²) in [5.74, 6) is -19.5. The van der Waals surface area contributed by atoms with Crippen LogP contribution in [0, 0.1) is 23.7 Å². The highest BCUT2D eigenvalue weighted by molar-refractivity contribution is 6.05. The molecule has 732 valence electrons. The van der Waals surface area contributed by atoms with Gasteiger partial charge in [-0.05, 0) is 138 Å². The molecule has 2 aliphatic rings. The Bertz CT molecular complexity index is 4230. The van der Waals surface area contributed by atoms with Gasteiger partial charge in [-0.1, -0.05) is 137 Å². The second-order valence-corrected chi connectivity index (χ2v) is 35.0. The highest BCUT2D eigenvalue weighted by Gasteiger charge is 2.43. The monoisotopic (exact) mass is 1850 g/mol. The molecular weight excluding hydrogens is 1700 g/mol. The molecule has 20 atom stereocenters. The number of carbonyl (C=O) groups is 20. The molecule has 1 aromatic carbocycles. The van der Waals surface area contributed by atoms with Gasteiger partial charge in [-0.3, -0.25) is 91.1 Å². The number of cyclic esters (lactones) is 1. The standard InChI is InChI=1S/C88H143N21O22/c1-22-25-26-27-31-35-57(110)40-63(111)99-59(24-3)87(129)109-37-32-36-62(109)80(122)101-60(38-42(4)5)79(121)96-51(17)73(115)94-49(15)71(113)93-50(16)72(114)95-52(18)75(117)103-65(43(6)7)81(123)91-41-64(112)92-48(14)74(116)104-66(44(8)9)82(124)97-53(19)76(118)105-67(45(10)11)83(125)100-58(23-2)78(120)108-70-55(21)131-88(130)61(39-56-33-29-28-30-34-56)102-84(126)68(46(12)89)107-85(127)69(47(13)90)106-77(119)54(20)98-86(70)128/h23-24,28-30,33-34,42-55,57,60-62,65-70,110H,22,25-27,31-32,35-41,89-90H2,1-21H3,(H,91,123)(H,92,112)(H,93,113)(H,94,115)(H,95,114)(H,96,121)(H,97,124)(H,98,128)(H,99,111)(H,100,125)(H,101,122)(H,102,126)(H,103,117)(H,104,116)(H,105,118)(H,106,119)(H,107,127)(H,108,120)/b58-23-,59-24+/t46-,47+,48-,49-,50-,51-,52+,53-,54-,55+,57-,60+,61+,62+,65+,66+,67-,68-,69-,70-/m1/s1. The van der Waals surface area contributed by atoms with Crippen LogP contribution in [0.25, 0.3) is 0 Å². The van der Waals surface area contributed by atoms with Crippen molar-refractivity contribution in [2.75, 3.05) is 13.1 Å². The van der Waals surface area contributed by atoms with Gasteiger partial charge >= 0.3 is 5.97 Å². The maximum absolute atomic E-state index is 14.3. The highest BCUT2D eigenvalue weighted by Crippen LogP contribution is 2.22. The molecule has 43 heteroatoms. The maximum atomic E-state index is 14.3. The lowest BCUT2D eigenvalue weighted by Gasteiger charge is -2.31. The van der Waals surface area contributed by atoms with Crippen LogP contribution in [0.3, 0.4) is 0 Å². The molecule has 2 saturated heterocycles. The first-order chi connectivity index (χ1) is 61.3. The van der Waals surface area contributed by atoms with Crippen LogP contribution in [0.4, 0.5) is 0 Å². The van der Waals surface area contributed by atoms with E-state index in [-0.39, 0.29) is 43.8 Å². The Morgan fingerprint density at radius 2 is 0.954 bits per heavy atom. The van der Waals surface area contributed by atoms with Crippen molar-refractivity contribution in [3.63, 3.8) is 0 Å². The van der Waals surface area contributed by atoms with Gasteiger partial charge in [0.2, 0.25) is 100 Å². The SMILES string of the molecule is C/C=C(\NC(=O)[C@H](NC(=O)[C@@H](C)NC(=O)[C@@H](NC(=O)[C@@H](C)NC(=O)CNC(=O)[C@@H](NC(=O)[C@H](C)NC(=O)[C@@H](C)NC(=O)[C@@H](C)NC(=O)[C@@H](C)NC(=O)[C@H](CC(C)C)NC(=O)[C@@H]1CCCN1C(=O)/C(=C\C)NC(=O)C[C@H](O)CCCCCCC)C(C)C)C(C)C)C(C)C)C(=O)N[C@H]1C(=O)N[C@H](C)C(=O)N[C@H]([C@H](C)N)C(=O)N[C@H]([C@@H](C)N)C(=O)N[C@@H](Cc2ccccc2)C(=O)O[C@H]1C. The number of aliphatic hydroxyl groups is 1. The van der Waals surface area contributed by atoms with E-state index in [1.165, 1.54) is 87.1 Å². The van der Waals surface area contributed by atoms with Crippen molar-refractivity contribution in [1.82, 2.24) is 101 Å². The number of likely N-dealkylation sites (tertiary alicyclic amines) is 1. The minimum atomic E-state index is -1.85. The number of benzene rings is 1. The first-order valence-electron chi connectivity index (χ1n) is 44.8. The summed E-state index contributed by atoms with van der Waals surface area (Å²) in [5, 5.41) is 55.4. The fourth-order valence-electron chi connectivity index (χ4n) is 13.7. The van der Waals surface area contributed by atoms with Gasteiger partial charge in [0, 0.05) is 25.0 Å². The molecule has 23 N–H and O–H groups in total. The number of nitrogens with one attached hydrogen (secondary N) is 18. The van der Waals surface area contributed by atoms with E-state index in [2.05, 4.69) is 103 Å². The number of allylic oxidation sites excluding steroid dienone is 2. The Kier molecular flexibility index (Phi) is 47.7. The number of carbonyl (C=O) groups excluding carboxylic acids is 20. The Morgan fingerprint density at radius 1 is 0.504 bits per heavy atom. The number of ether oxygens (including phenoxy) is 1. The lowest BCUT2D eigenvalue weighted by Crippen LogP contribution is -2.65. The molecule has 2 fully saturated rings. The summed E-state index contributed by atoms with van der Waals surface area (Å²) in [7, 11) is 0. The van der Waals surface area contributed by atoms with Crippen LogP contribution in [0.2, 0.25) is 0 Å². The van der Waals surface area contributed by atoms with Crippen molar-refractivity contribution in [3.8, 4) is 0 Å². The van der Waals surface area contributed by atoms with Crippen molar-refractivity contribution in [3.05, 3.63) is 59.4 Å². The summed E-state index contributed by atoms with van der Waals surface area (Å²) in [6, 6.07) is -15.7. The van der Waals surface area contributed by atoms with Crippen molar-refractivity contribution < 1.29 is 106 Å². The van der Waals surface area contributed by atoms with Gasteiger partial charge in [0.25, 0.3) is 11.8 Å². The average molecular weight is 1850 g/mol. The largest absolute Gasteiger partial charge is 0.458 e. The van der Waals surface area contributed by atoms with Crippen LogP contribution in [-0.2, 0) is 107 Å². The summed E-state index contributed by atoms with van der Waals surface area (Å²) in [6.45, 7) is 30.6. The van der Waals surface area contributed by atoms with E-state index in [0.29, 0.717) is 18.4 Å². The second-order valence-electron chi connectivity index (χ2n) is 35.0. The Balaban J connectivity index is 1.58. The predicted molar refractivity (Wildman–Crippen MR) is 481 cm³/mol. The van der Waals surface area contributed by atoms with Gasteiger partial charge in [0.05, 0.1) is 19.1 Å². The fourth-order valence-corrected chi connectivity index (χ4v) is 13.7. The van der Waals surface area contributed by atoms with Gasteiger partial charge in [0.15, 0.2) is 0 Å². The van der Waals surface area contributed by atoms with Crippen molar-refractivity contribution in [2.45, 2.75) is 337 Å². The minimum absolute atomic E-state index is 0.0658. The number of amides is 19. The van der Waals surface area contributed by atoms with Gasteiger partial charge in [0.1, 0.15) is 114 Å². The van der Waals surface area contributed by atoms with Gasteiger partial charge < -0.3 is 122 Å². The van der Waals surface area contributed by atoms with Crippen LogP contribution in [0.15, 0.2) is 53.9 Å². The number of nitrogens with two attached hydrogens (primary N) is 2. The summed E-state index contributed by atoms with van der Waals surface area (Å²) >= 11 is 0. The van der Waals surface area contributed by atoms with E-state index in [1.807, 2.05) is 13.8 Å². The zero-order valence-corrected chi connectivity index (χ0v) is 79.2. The summed E-state index contributed by atoms with van der Waals surface area (Å²) in [4.78, 5) is 276. The third kappa shape index (κ3) is 37.4. The molecule has 0 bridgehead atoms. The van der Waals surface area contributed by atoms with E-state index in [9.17, 15) is 101 Å². The van der Waals surface area contributed by atoms with Crippen LogP contribution in [-0.4, -0.2) is 262 Å². The Morgan fingerprint density at radius 3 is 1.44 bits per heavy atom. The van der Waals surface area contributed by atoms with E-state index < -0.39 is 269 Å². The molecule has 0 saturated carbocycles. The molecule has 0 spiro atoms. The Labute approximate surface area is 765 Å². The van der Waals surface area contributed by atoms with E-state index >= 15 is 0 Å². The van der Waals surface area contributed by atoms with E-state index in [1.54, 1.807) is 78.8 Å². The quantitative estimate of drug-likeness (QED) is 0.0172. The molecule has 0 radical (unpaired) electrons. The smallest absolute Gasteiger partial charge is 0.329 e. The molecular formula is C88H143N21O22. The first-order valence-corrected chi connectivity index (χ1v) is 44.8. The Hall–Kier alpha value is -12.0. The lowest BCUT2D eigenvalue weighted by atomic mass is 10.0. The lowest BCUT2D eigenvalue weighted by molar-refractivity contribution is -0.156. The number of hydrogen-bond donors (Lipinski definition) is 21. The van der Waals surface area contributed by atoms with Crippen LogP contribution in [0.5, 0.6) is 0 Å². The van der Waals surface area contributed by atoms with Crippen LogP contribution in [0.1, 0.15) is 215 Å². The number of rotatable bonds is 45. The van der Waals surface area contributed by atoms with Gasteiger partial charge in [-0.15, -0.1) is 0 Å². The molecule has 0 unspecified atom stereocenters. The third-order valence-electron chi connectivity index (χ3n) is 21.7. The fraction of sp³-hybridized carbons (Fsp3) is 0.659. The van der Waals surface area contributed by atoms with Crippen molar-refractivity contribution in [2.24, 2.45) is 35.1 Å². The predicted octanol–water partition coefficient (Wildman–Crippen LogP) is -3.45. The molecule has 0 aliphatic carbocycles. The van der Waals surface area contributed by atoms with Gasteiger partial charge in [-0.25, -0.2) is 4.79 Å². The zero-order chi connectivity index (χ0) is 99.3. The zero-order valence-electron chi connectivity index (χ0n) is 79.2. The second kappa shape index (κ2) is 55.2. The molecule has 131 heavy (non-hydrogen) atoms. The third-order valence-corrected chi connectivity index (χ3v) is 21.7. The summed E-state index contributed by atoms with van der Waals surface area (Å²) < 4.78 is 5.78. The molecule has 0 aromatic heterocycles. The van der Waals surface area contributed by atoms with Crippen LogP contribution < -0.4 is 107 Å². The number of esters is 1.